The van der Waals surface area contributed by atoms with Crippen LogP contribution in [0, 0.1) is 24.7 Å². The molecule has 0 bridgehead atoms. The number of carbonyl (C=O) groups is 2. The number of amides is 2. The molecule has 0 radical (unpaired) electrons. The molecule has 0 fully saturated rings. The van der Waals surface area contributed by atoms with E-state index in [4.69, 9.17) is 24.3 Å². The first kappa shape index (κ1) is 34.2. The zero-order valence-corrected chi connectivity index (χ0v) is 23.2. The summed E-state index contributed by atoms with van der Waals surface area (Å²) in [6.45, 7) is 1.00. The van der Waals surface area contributed by atoms with E-state index in [0.29, 0.717) is 13.1 Å². The van der Waals surface area contributed by atoms with Crippen LogP contribution in [0.25, 0.3) is 0 Å². The summed E-state index contributed by atoms with van der Waals surface area (Å²) in [7, 11) is 0. The molecule has 8 nitrogen and oxygen atoms in total. The normalized spacial score (nSPS) is 13.1. The van der Waals surface area contributed by atoms with E-state index in [2.05, 4.69) is 22.5 Å². The number of halogens is 2. The quantitative estimate of drug-likeness (QED) is 0.200. The van der Waals surface area contributed by atoms with Crippen LogP contribution in [0.5, 0.6) is 0 Å². The fourth-order valence-electron chi connectivity index (χ4n) is 3.74. The zero-order valence-electron chi connectivity index (χ0n) is 21.6. The Kier molecular flexibility index (Phi) is 12.9. The molecule has 0 heterocycles. The Hall–Kier alpha value is -3.86. The minimum absolute atomic E-state index is 0. The van der Waals surface area contributed by atoms with E-state index in [9.17, 15) is 19.8 Å². The van der Waals surface area contributed by atoms with Crippen molar-refractivity contribution in [1.82, 2.24) is 10.6 Å². The number of carbonyl (C=O) groups excluding carboxylic acids is 2. The SMILES string of the molecule is C#CC(O)(C(=O)NCc1ccc(CN)cc1)c1cccc(C(O)(C#C)C(=O)NCc2ccc(CN)cc2)c1.Cl.Cl. The van der Waals surface area contributed by atoms with Crippen molar-refractivity contribution in [2.24, 2.45) is 11.5 Å². The molecule has 210 valence electrons. The van der Waals surface area contributed by atoms with E-state index < -0.39 is 23.0 Å². The third-order valence-corrected chi connectivity index (χ3v) is 6.20. The van der Waals surface area contributed by atoms with Crippen LogP contribution >= 0.6 is 24.8 Å². The predicted molar refractivity (Wildman–Crippen MR) is 159 cm³/mol. The standard InChI is InChI=1S/C30H30N4O4.2ClH/c1-3-29(37,27(35)33-19-23-12-8-21(17-31)9-13-23)25-6-5-7-26(16-25)30(38,4-2)28(36)34-20-24-14-10-22(18-32)11-15-24;;/h1-2,5-16,37-38H,17-20,31-32H2,(H,33,35)(H,34,36);2*1H. The van der Waals surface area contributed by atoms with Gasteiger partial charge in [0, 0.05) is 37.3 Å². The first-order valence-corrected chi connectivity index (χ1v) is 11.8. The average molecular weight is 584 g/mol. The molecule has 8 N–H and O–H groups in total. The molecule has 3 aromatic rings. The van der Waals surface area contributed by atoms with Crippen molar-refractivity contribution in [3.8, 4) is 24.7 Å². The van der Waals surface area contributed by atoms with Crippen molar-refractivity contribution in [2.75, 3.05) is 0 Å². The van der Waals surface area contributed by atoms with Gasteiger partial charge >= 0.3 is 0 Å². The number of rotatable bonds is 10. The minimum Gasteiger partial charge on any atom is -0.366 e. The molecule has 0 aliphatic carbocycles. The maximum absolute atomic E-state index is 12.9. The second-order valence-electron chi connectivity index (χ2n) is 8.70. The van der Waals surface area contributed by atoms with Gasteiger partial charge in [-0.2, -0.15) is 0 Å². The van der Waals surface area contributed by atoms with E-state index in [0.717, 1.165) is 22.3 Å². The predicted octanol–water partition coefficient (Wildman–Crippen LogP) is 1.72. The molecule has 0 aliphatic heterocycles. The van der Waals surface area contributed by atoms with Gasteiger partial charge in [-0.3, -0.25) is 9.59 Å². The van der Waals surface area contributed by atoms with E-state index in [-0.39, 0.29) is 49.0 Å². The van der Waals surface area contributed by atoms with Crippen LogP contribution in [0.3, 0.4) is 0 Å². The molecule has 2 amide bonds. The zero-order chi connectivity index (χ0) is 27.8. The Morgan fingerprint density at radius 3 is 1.30 bits per heavy atom. The monoisotopic (exact) mass is 582 g/mol. The third kappa shape index (κ3) is 7.62. The van der Waals surface area contributed by atoms with Crippen molar-refractivity contribution < 1.29 is 19.8 Å². The van der Waals surface area contributed by atoms with Crippen molar-refractivity contribution in [1.29, 1.82) is 0 Å². The Morgan fingerprint density at radius 2 is 1.00 bits per heavy atom. The van der Waals surface area contributed by atoms with Crippen LogP contribution < -0.4 is 22.1 Å². The topological polar surface area (TPSA) is 151 Å². The average Bonchev–Trinajstić information content (AvgIpc) is 2.98. The summed E-state index contributed by atoms with van der Waals surface area (Å²) in [4.78, 5) is 25.9. The lowest BCUT2D eigenvalue weighted by Gasteiger charge is -2.26. The highest BCUT2D eigenvalue weighted by atomic mass is 35.5. The fraction of sp³-hybridized carbons (Fsp3) is 0.200. The van der Waals surface area contributed by atoms with Gasteiger partial charge in [0.1, 0.15) is 0 Å². The molecule has 10 heteroatoms. The maximum Gasteiger partial charge on any atom is 0.269 e. The minimum atomic E-state index is -2.38. The van der Waals surface area contributed by atoms with Crippen molar-refractivity contribution >= 4 is 36.6 Å². The number of terminal acetylenes is 2. The number of hydrogen-bond donors (Lipinski definition) is 6. The summed E-state index contributed by atoms with van der Waals surface area (Å²) >= 11 is 0. The molecule has 40 heavy (non-hydrogen) atoms. The highest BCUT2D eigenvalue weighted by molar-refractivity contribution is 5.91. The van der Waals surface area contributed by atoms with Gasteiger partial charge in [-0.1, -0.05) is 78.6 Å². The lowest BCUT2D eigenvalue weighted by atomic mass is 9.87. The summed E-state index contributed by atoms with van der Waals surface area (Å²) in [6.07, 6.45) is 11.1. The highest BCUT2D eigenvalue weighted by Gasteiger charge is 2.40. The largest absolute Gasteiger partial charge is 0.366 e. The summed E-state index contributed by atoms with van der Waals surface area (Å²) in [5.74, 6) is 2.53. The first-order valence-electron chi connectivity index (χ1n) is 11.8. The highest BCUT2D eigenvalue weighted by Crippen LogP contribution is 2.28. The number of benzene rings is 3. The van der Waals surface area contributed by atoms with E-state index in [1.54, 1.807) is 24.3 Å². The van der Waals surface area contributed by atoms with Gasteiger partial charge in [0.15, 0.2) is 0 Å². The molecule has 0 aromatic heterocycles. The lowest BCUT2D eigenvalue weighted by Crippen LogP contribution is -2.45. The molecule has 0 aliphatic rings. The van der Waals surface area contributed by atoms with E-state index in [1.807, 2.05) is 24.3 Å². The summed E-state index contributed by atoms with van der Waals surface area (Å²) < 4.78 is 0. The van der Waals surface area contributed by atoms with Crippen LogP contribution in [0.2, 0.25) is 0 Å². The molecule has 0 saturated carbocycles. The Morgan fingerprint density at radius 1 is 0.675 bits per heavy atom. The van der Waals surface area contributed by atoms with Gasteiger partial charge in [-0.05, 0) is 28.3 Å². The van der Waals surface area contributed by atoms with Gasteiger partial charge in [-0.25, -0.2) is 0 Å². The Bertz CT molecular complexity index is 1280. The second kappa shape index (κ2) is 15.1. The molecule has 3 aromatic carbocycles. The molecule has 3 rings (SSSR count). The van der Waals surface area contributed by atoms with Crippen LogP contribution in [0.4, 0.5) is 0 Å². The van der Waals surface area contributed by atoms with Gasteiger partial charge in [-0.15, -0.1) is 37.7 Å². The smallest absolute Gasteiger partial charge is 0.269 e. The van der Waals surface area contributed by atoms with Crippen LogP contribution in [0.1, 0.15) is 33.4 Å². The van der Waals surface area contributed by atoms with Crippen LogP contribution in [-0.4, -0.2) is 22.0 Å². The molecular formula is C30H32Cl2N4O4. The van der Waals surface area contributed by atoms with Crippen molar-refractivity contribution in [3.05, 3.63) is 106 Å². The van der Waals surface area contributed by atoms with Gasteiger partial charge in [0.25, 0.3) is 11.8 Å². The van der Waals surface area contributed by atoms with E-state index in [1.165, 1.54) is 24.3 Å². The van der Waals surface area contributed by atoms with E-state index >= 15 is 0 Å². The molecule has 2 unspecified atom stereocenters. The number of nitrogens with one attached hydrogen (secondary N) is 2. The Labute approximate surface area is 246 Å². The summed E-state index contributed by atoms with van der Waals surface area (Å²) in [6, 6.07) is 20.0. The van der Waals surface area contributed by atoms with Crippen LogP contribution in [0.15, 0.2) is 72.8 Å². The van der Waals surface area contributed by atoms with Crippen LogP contribution in [-0.2, 0) is 47.0 Å². The Balaban J connectivity index is 0.00000400. The summed E-state index contributed by atoms with van der Waals surface area (Å²) in [5.41, 5.74) is 9.79. The molecule has 0 saturated heterocycles. The fourth-order valence-corrected chi connectivity index (χ4v) is 3.74. The maximum atomic E-state index is 12.9. The van der Waals surface area contributed by atoms with Gasteiger partial charge in [0.2, 0.25) is 11.2 Å². The summed E-state index contributed by atoms with van der Waals surface area (Å²) in [5, 5.41) is 27.4. The number of aliphatic hydroxyl groups is 2. The van der Waals surface area contributed by atoms with Gasteiger partial charge in [0.05, 0.1) is 0 Å². The molecule has 0 spiro atoms. The molecular weight excluding hydrogens is 551 g/mol. The first-order chi connectivity index (χ1) is 18.2. The number of hydrogen-bond acceptors (Lipinski definition) is 6. The second-order valence-corrected chi connectivity index (χ2v) is 8.70. The van der Waals surface area contributed by atoms with Gasteiger partial charge < -0.3 is 32.3 Å². The van der Waals surface area contributed by atoms with Crippen molar-refractivity contribution in [2.45, 2.75) is 37.4 Å². The third-order valence-electron chi connectivity index (χ3n) is 6.20. The van der Waals surface area contributed by atoms with Crippen molar-refractivity contribution in [3.63, 3.8) is 0 Å². The lowest BCUT2D eigenvalue weighted by molar-refractivity contribution is -0.135. The molecule has 2 atom stereocenters. The number of nitrogens with two attached hydrogens (primary N) is 2.